The highest BCUT2D eigenvalue weighted by Crippen LogP contribution is 2.32. The lowest BCUT2D eigenvalue weighted by molar-refractivity contribution is -0.128. The maximum Gasteiger partial charge on any atom is 0.315 e. The maximum atomic E-state index is 12.2. The Morgan fingerprint density at radius 2 is 2.08 bits per heavy atom. The SMILES string of the molecule is Cc1cccc([C@@H](C)NC(=O)NC[C@H]2CC(=O)N(C3CC3)C2)c1C. The Morgan fingerprint density at radius 1 is 1.33 bits per heavy atom. The molecule has 130 valence electrons. The lowest BCUT2D eigenvalue weighted by Crippen LogP contribution is -2.40. The van der Waals surface area contributed by atoms with Gasteiger partial charge in [-0.05, 0) is 50.3 Å². The molecule has 1 aromatic rings. The molecule has 1 saturated heterocycles. The predicted molar refractivity (Wildman–Crippen MR) is 93.7 cm³/mol. The zero-order chi connectivity index (χ0) is 17.3. The molecule has 1 heterocycles. The summed E-state index contributed by atoms with van der Waals surface area (Å²) < 4.78 is 0. The third-order valence-electron chi connectivity index (χ3n) is 5.24. The molecule has 2 atom stereocenters. The first-order valence-electron chi connectivity index (χ1n) is 8.85. The van der Waals surface area contributed by atoms with Gasteiger partial charge < -0.3 is 15.5 Å². The molecule has 1 aromatic carbocycles. The van der Waals surface area contributed by atoms with E-state index >= 15 is 0 Å². The van der Waals surface area contributed by atoms with Crippen LogP contribution in [-0.2, 0) is 4.79 Å². The average molecular weight is 329 g/mol. The molecule has 24 heavy (non-hydrogen) atoms. The van der Waals surface area contributed by atoms with E-state index in [0.29, 0.717) is 19.0 Å². The Balaban J connectivity index is 1.47. The number of benzene rings is 1. The Morgan fingerprint density at radius 3 is 2.79 bits per heavy atom. The minimum absolute atomic E-state index is 0.0435. The van der Waals surface area contributed by atoms with Crippen molar-refractivity contribution in [3.63, 3.8) is 0 Å². The van der Waals surface area contributed by atoms with Crippen molar-refractivity contribution in [3.05, 3.63) is 34.9 Å². The third-order valence-corrected chi connectivity index (χ3v) is 5.24. The summed E-state index contributed by atoms with van der Waals surface area (Å²) >= 11 is 0. The van der Waals surface area contributed by atoms with Gasteiger partial charge in [0.1, 0.15) is 0 Å². The zero-order valence-electron chi connectivity index (χ0n) is 14.8. The van der Waals surface area contributed by atoms with Crippen LogP contribution in [0.5, 0.6) is 0 Å². The molecule has 0 radical (unpaired) electrons. The van der Waals surface area contributed by atoms with Gasteiger partial charge in [0.15, 0.2) is 0 Å². The van der Waals surface area contributed by atoms with Crippen molar-refractivity contribution in [2.24, 2.45) is 5.92 Å². The number of rotatable bonds is 5. The average Bonchev–Trinajstić information content (AvgIpc) is 3.31. The van der Waals surface area contributed by atoms with E-state index in [4.69, 9.17) is 0 Å². The van der Waals surface area contributed by atoms with Gasteiger partial charge in [0, 0.05) is 31.5 Å². The van der Waals surface area contributed by atoms with E-state index < -0.39 is 0 Å². The molecule has 1 aliphatic heterocycles. The molecule has 1 aliphatic carbocycles. The number of likely N-dealkylation sites (tertiary alicyclic amines) is 1. The molecule has 2 N–H and O–H groups in total. The lowest BCUT2D eigenvalue weighted by atomic mass is 9.98. The number of hydrogen-bond donors (Lipinski definition) is 2. The first kappa shape index (κ1) is 16.8. The van der Waals surface area contributed by atoms with Gasteiger partial charge >= 0.3 is 6.03 Å². The van der Waals surface area contributed by atoms with Gasteiger partial charge in [-0.1, -0.05) is 18.2 Å². The molecule has 5 heteroatoms. The van der Waals surface area contributed by atoms with Crippen LogP contribution in [0.1, 0.15) is 48.9 Å². The fourth-order valence-corrected chi connectivity index (χ4v) is 3.49. The lowest BCUT2D eigenvalue weighted by Gasteiger charge is -2.19. The second-order valence-electron chi connectivity index (χ2n) is 7.21. The third kappa shape index (κ3) is 3.71. The Labute approximate surface area is 143 Å². The van der Waals surface area contributed by atoms with E-state index in [9.17, 15) is 9.59 Å². The van der Waals surface area contributed by atoms with Crippen molar-refractivity contribution in [2.45, 2.75) is 52.1 Å². The van der Waals surface area contributed by atoms with Gasteiger partial charge in [0.2, 0.25) is 5.91 Å². The number of aryl methyl sites for hydroxylation is 1. The standard InChI is InChI=1S/C19H27N3O2/c1-12-5-4-6-17(13(12)2)14(3)21-19(24)20-10-15-9-18(23)22(11-15)16-7-8-16/h4-6,14-16H,7-11H2,1-3H3,(H2,20,21,24)/t14-,15-/m1/s1. The molecule has 2 fully saturated rings. The number of nitrogens with one attached hydrogen (secondary N) is 2. The summed E-state index contributed by atoms with van der Waals surface area (Å²) in [5.41, 5.74) is 3.58. The first-order valence-corrected chi connectivity index (χ1v) is 8.85. The number of amides is 3. The summed E-state index contributed by atoms with van der Waals surface area (Å²) in [4.78, 5) is 26.1. The summed E-state index contributed by atoms with van der Waals surface area (Å²) in [7, 11) is 0. The molecule has 3 amide bonds. The van der Waals surface area contributed by atoms with Crippen LogP contribution in [0, 0.1) is 19.8 Å². The molecular weight excluding hydrogens is 302 g/mol. The van der Waals surface area contributed by atoms with Crippen LogP contribution in [0.25, 0.3) is 0 Å². The fourth-order valence-electron chi connectivity index (χ4n) is 3.49. The number of nitrogens with zero attached hydrogens (tertiary/aromatic N) is 1. The minimum atomic E-state index is -0.166. The number of carbonyl (C=O) groups is 2. The normalized spacial score (nSPS) is 21.7. The van der Waals surface area contributed by atoms with Gasteiger partial charge in [-0.25, -0.2) is 4.79 Å². The molecule has 0 aromatic heterocycles. The van der Waals surface area contributed by atoms with Gasteiger partial charge in [-0.3, -0.25) is 4.79 Å². The van der Waals surface area contributed by atoms with Crippen LogP contribution >= 0.6 is 0 Å². The van der Waals surface area contributed by atoms with Crippen LogP contribution in [-0.4, -0.2) is 36.0 Å². The Bertz CT molecular complexity index is 639. The fraction of sp³-hybridized carbons (Fsp3) is 0.579. The van der Waals surface area contributed by atoms with E-state index in [2.05, 4.69) is 36.6 Å². The highest BCUT2D eigenvalue weighted by Gasteiger charge is 2.39. The van der Waals surface area contributed by atoms with Crippen LogP contribution in [0.15, 0.2) is 18.2 Å². The van der Waals surface area contributed by atoms with Crippen LogP contribution in [0.2, 0.25) is 0 Å². The highest BCUT2D eigenvalue weighted by atomic mass is 16.2. The van der Waals surface area contributed by atoms with Crippen molar-refractivity contribution >= 4 is 11.9 Å². The van der Waals surface area contributed by atoms with Gasteiger partial charge in [0.25, 0.3) is 0 Å². The van der Waals surface area contributed by atoms with Crippen molar-refractivity contribution in [3.8, 4) is 0 Å². The van der Waals surface area contributed by atoms with E-state index in [0.717, 1.165) is 24.9 Å². The molecule has 1 saturated carbocycles. The van der Waals surface area contributed by atoms with E-state index in [1.54, 1.807) is 0 Å². The second-order valence-corrected chi connectivity index (χ2v) is 7.21. The molecule has 5 nitrogen and oxygen atoms in total. The van der Waals surface area contributed by atoms with Crippen LogP contribution in [0.4, 0.5) is 4.79 Å². The number of hydrogen-bond acceptors (Lipinski definition) is 2. The maximum absolute atomic E-state index is 12.2. The summed E-state index contributed by atoms with van der Waals surface area (Å²) in [5.74, 6) is 0.480. The van der Waals surface area contributed by atoms with Crippen LogP contribution < -0.4 is 10.6 Å². The van der Waals surface area contributed by atoms with Crippen molar-refractivity contribution in [2.75, 3.05) is 13.1 Å². The van der Waals surface area contributed by atoms with E-state index in [1.807, 2.05) is 17.9 Å². The number of urea groups is 1. The molecule has 0 spiro atoms. The monoisotopic (exact) mass is 329 g/mol. The molecule has 2 aliphatic rings. The van der Waals surface area contributed by atoms with Gasteiger partial charge in [0.05, 0.1) is 6.04 Å². The smallest absolute Gasteiger partial charge is 0.315 e. The summed E-state index contributed by atoms with van der Waals surface area (Å²) in [5, 5.41) is 5.93. The molecular formula is C19H27N3O2. The van der Waals surface area contributed by atoms with E-state index in [-0.39, 0.29) is 23.9 Å². The summed E-state index contributed by atoms with van der Waals surface area (Å²) in [6.07, 6.45) is 2.84. The molecule has 0 bridgehead atoms. The summed E-state index contributed by atoms with van der Waals surface area (Å²) in [6.45, 7) is 7.50. The van der Waals surface area contributed by atoms with Gasteiger partial charge in [-0.15, -0.1) is 0 Å². The van der Waals surface area contributed by atoms with E-state index in [1.165, 1.54) is 11.1 Å². The molecule has 3 rings (SSSR count). The topological polar surface area (TPSA) is 61.4 Å². The van der Waals surface area contributed by atoms with Crippen LogP contribution in [0.3, 0.4) is 0 Å². The van der Waals surface area contributed by atoms with Crippen molar-refractivity contribution in [1.29, 1.82) is 0 Å². The highest BCUT2D eigenvalue weighted by molar-refractivity contribution is 5.79. The largest absolute Gasteiger partial charge is 0.339 e. The quantitative estimate of drug-likeness (QED) is 0.872. The zero-order valence-corrected chi connectivity index (χ0v) is 14.8. The first-order chi connectivity index (χ1) is 11.5. The minimum Gasteiger partial charge on any atom is -0.339 e. The Hall–Kier alpha value is -2.04. The number of carbonyl (C=O) groups excluding carboxylic acids is 2. The van der Waals surface area contributed by atoms with Crippen molar-refractivity contribution < 1.29 is 9.59 Å². The predicted octanol–water partition coefficient (Wildman–Crippen LogP) is 2.67. The second kappa shape index (κ2) is 6.83. The van der Waals surface area contributed by atoms with Gasteiger partial charge in [-0.2, -0.15) is 0 Å². The van der Waals surface area contributed by atoms with Crippen molar-refractivity contribution in [1.82, 2.24) is 15.5 Å². The summed E-state index contributed by atoms with van der Waals surface area (Å²) in [6, 6.07) is 6.41. The Kier molecular flexibility index (Phi) is 4.78. The molecule has 0 unspecified atom stereocenters.